The summed E-state index contributed by atoms with van der Waals surface area (Å²) in [5.41, 5.74) is 4.59. The quantitative estimate of drug-likeness (QED) is 0.805. The number of carboxylic acids is 1. The van der Waals surface area contributed by atoms with E-state index in [0.717, 1.165) is 6.26 Å². The van der Waals surface area contributed by atoms with Gasteiger partial charge in [-0.1, -0.05) is 12.1 Å². The standard InChI is InChI=1S/C12H15NO5S/c1-18-8-5-3-7(4-6-8)9-10(19(2,16)17)12(9,13)11(14)15/h3-6,9-10H,13H2,1-2H3,(H,14,15)/t9-,10-,12+/m0/s1. The van der Waals surface area contributed by atoms with E-state index in [1.54, 1.807) is 24.3 Å². The van der Waals surface area contributed by atoms with Crippen LogP contribution in [0.4, 0.5) is 0 Å². The Morgan fingerprint density at radius 3 is 2.21 bits per heavy atom. The fourth-order valence-corrected chi connectivity index (χ4v) is 4.25. The van der Waals surface area contributed by atoms with Crippen molar-refractivity contribution in [3.8, 4) is 5.75 Å². The minimum Gasteiger partial charge on any atom is -0.497 e. The Hall–Kier alpha value is -1.60. The molecule has 104 valence electrons. The molecule has 0 heterocycles. The normalized spacial score (nSPS) is 29.8. The molecule has 3 atom stereocenters. The van der Waals surface area contributed by atoms with Gasteiger partial charge in [-0.3, -0.25) is 4.79 Å². The van der Waals surface area contributed by atoms with E-state index in [1.807, 2.05) is 0 Å². The van der Waals surface area contributed by atoms with Gasteiger partial charge in [-0.05, 0) is 17.7 Å². The summed E-state index contributed by atoms with van der Waals surface area (Å²) in [5.74, 6) is -1.42. The number of carboxylic acid groups (broad SMARTS) is 1. The Kier molecular flexibility index (Phi) is 3.06. The lowest BCUT2D eigenvalue weighted by Gasteiger charge is -2.05. The number of hydrogen-bond donors (Lipinski definition) is 2. The zero-order chi connectivity index (χ0) is 14.4. The number of ether oxygens (including phenoxy) is 1. The maximum absolute atomic E-state index is 11.7. The number of rotatable bonds is 4. The van der Waals surface area contributed by atoms with Crippen LogP contribution >= 0.6 is 0 Å². The Labute approximate surface area is 111 Å². The number of benzene rings is 1. The first kappa shape index (κ1) is 13.8. The van der Waals surface area contributed by atoms with Crippen LogP contribution in [0.5, 0.6) is 5.75 Å². The fraction of sp³-hybridized carbons (Fsp3) is 0.417. The molecular weight excluding hydrogens is 270 g/mol. The maximum Gasteiger partial charge on any atom is 0.325 e. The van der Waals surface area contributed by atoms with Crippen molar-refractivity contribution in [2.24, 2.45) is 5.73 Å². The van der Waals surface area contributed by atoms with Gasteiger partial charge < -0.3 is 15.6 Å². The third kappa shape index (κ3) is 2.08. The predicted molar refractivity (Wildman–Crippen MR) is 68.9 cm³/mol. The smallest absolute Gasteiger partial charge is 0.325 e. The third-order valence-electron chi connectivity index (χ3n) is 3.49. The van der Waals surface area contributed by atoms with Gasteiger partial charge >= 0.3 is 5.97 Å². The van der Waals surface area contributed by atoms with Crippen molar-refractivity contribution in [1.82, 2.24) is 0 Å². The van der Waals surface area contributed by atoms with Crippen LogP contribution in [-0.2, 0) is 14.6 Å². The molecular formula is C12H15NO5S. The van der Waals surface area contributed by atoms with Gasteiger partial charge in [0.25, 0.3) is 0 Å². The summed E-state index contributed by atoms with van der Waals surface area (Å²) in [6.07, 6.45) is 1.01. The molecule has 1 aliphatic rings. The molecule has 7 heteroatoms. The van der Waals surface area contributed by atoms with Crippen molar-refractivity contribution in [1.29, 1.82) is 0 Å². The minimum absolute atomic E-state index is 0.584. The van der Waals surface area contributed by atoms with Crippen LogP contribution in [0.15, 0.2) is 24.3 Å². The molecule has 2 rings (SSSR count). The van der Waals surface area contributed by atoms with Crippen molar-refractivity contribution in [2.45, 2.75) is 16.7 Å². The fourth-order valence-electron chi connectivity index (χ4n) is 2.49. The molecule has 1 aliphatic carbocycles. The van der Waals surface area contributed by atoms with E-state index >= 15 is 0 Å². The van der Waals surface area contributed by atoms with Gasteiger partial charge in [-0.15, -0.1) is 0 Å². The third-order valence-corrected chi connectivity index (χ3v) is 5.07. The predicted octanol–water partition coefficient (Wildman–Crippen LogP) is -0.0123. The number of aliphatic carboxylic acids is 1. The number of nitrogens with two attached hydrogens (primary N) is 1. The van der Waals surface area contributed by atoms with Gasteiger partial charge in [0.05, 0.1) is 12.4 Å². The zero-order valence-corrected chi connectivity index (χ0v) is 11.3. The summed E-state index contributed by atoms with van der Waals surface area (Å²) in [7, 11) is -2.02. The summed E-state index contributed by atoms with van der Waals surface area (Å²) in [4.78, 5) is 11.2. The van der Waals surface area contributed by atoms with E-state index in [0.29, 0.717) is 11.3 Å². The monoisotopic (exact) mass is 285 g/mol. The molecule has 1 aromatic carbocycles. The molecule has 1 aromatic rings. The first-order chi connectivity index (χ1) is 8.72. The van der Waals surface area contributed by atoms with E-state index in [2.05, 4.69) is 0 Å². The number of sulfone groups is 1. The zero-order valence-electron chi connectivity index (χ0n) is 10.5. The van der Waals surface area contributed by atoms with Crippen LogP contribution in [0.3, 0.4) is 0 Å². The van der Waals surface area contributed by atoms with Crippen LogP contribution in [0.1, 0.15) is 11.5 Å². The van der Waals surface area contributed by atoms with Crippen molar-refractivity contribution < 1.29 is 23.1 Å². The average molecular weight is 285 g/mol. The Bertz CT molecular complexity index is 610. The molecule has 0 unspecified atom stereocenters. The van der Waals surface area contributed by atoms with Crippen LogP contribution in [-0.4, -0.2) is 43.6 Å². The summed E-state index contributed by atoms with van der Waals surface area (Å²) in [6.45, 7) is 0. The molecule has 0 aromatic heterocycles. The molecule has 19 heavy (non-hydrogen) atoms. The SMILES string of the molecule is COc1ccc([C@H]2[C@H](S(C)(=O)=O)[C@@]2(N)C(=O)O)cc1. The molecule has 0 bridgehead atoms. The molecule has 0 amide bonds. The first-order valence-electron chi connectivity index (χ1n) is 5.58. The highest BCUT2D eigenvalue weighted by Crippen LogP contribution is 2.54. The van der Waals surface area contributed by atoms with Gasteiger partial charge in [0.1, 0.15) is 11.3 Å². The highest BCUT2D eigenvalue weighted by molar-refractivity contribution is 7.91. The number of carbonyl (C=O) groups is 1. The Morgan fingerprint density at radius 1 is 1.37 bits per heavy atom. The maximum atomic E-state index is 11.7. The van der Waals surface area contributed by atoms with Crippen LogP contribution in [0.2, 0.25) is 0 Å². The molecule has 0 aliphatic heterocycles. The van der Waals surface area contributed by atoms with Gasteiger partial charge in [-0.2, -0.15) is 0 Å². The number of methoxy groups -OCH3 is 1. The van der Waals surface area contributed by atoms with E-state index in [1.165, 1.54) is 7.11 Å². The second kappa shape index (κ2) is 4.21. The number of hydrogen-bond acceptors (Lipinski definition) is 5. The lowest BCUT2D eigenvalue weighted by Crippen LogP contribution is -2.39. The lowest BCUT2D eigenvalue weighted by atomic mass is 10.1. The van der Waals surface area contributed by atoms with Crippen molar-refractivity contribution in [2.75, 3.05) is 13.4 Å². The summed E-state index contributed by atoms with van der Waals surface area (Å²) in [6, 6.07) is 6.57. The second-order valence-corrected chi connectivity index (χ2v) is 6.91. The first-order valence-corrected chi connectivity index (χ1v) is 7.53. The Morgan fingerprint density at radius 2 is 1.89 bits per heavy atom. The van der Waals surface area contributed by atoms with Crippen LogP contribution in [0.25, 0.3) is 0 Å². The molecule has 1 saturated carbocycles. The highest BCUT2D eigenvalue weighted by atomic mass is 32.2. The van der Waals surface area contributed by atoms with Crippen molar-refractivity contribution in [3.63, 3.8) is 0 Å². The average Bonchev–Trinajstić information content (AvgIpc) is 2.98. The van der Waals surface area contributed by atoms with E-state index in [9.17, 15) is 13.2 Å². The largest absolute Gasteiger partial charge is 0.497 e. The topological polar surface area (TPSA) is 107 Å². The molecule has 0 spiro atoms. The van der Waals surface area contributed by atoms with E-state index in [4.69, 9.17) is 15.6 Å². The molecule has 3 N–H and O–H groups in total. The second-order valence-electron chi connectivity index (χ2n) is 4.74. The van der Waals surface area contributed by atoms with Gasteiger partial charge in [-0.25, -0.2) is 8.42 Å². The van der Waals surface area contributed by atoms with Crippen molar-refractivity contribution in [3.05, 3.63) is 29.8 Å². The highest BCUT2D eigenvalue weighted by Gasteiger charge is 2.73. The molecule has 0 radical (unpaired) electrons. The summed E-state index contributed by atoms with van der Waals surface area (Å²) < 4.78 is 28.3. The van der Waals surface area contributed by atoms with E-state index < -0.39 is 32.5 Å². The van der Waals surface area contributed by atoms with E-state index in [-0.39, 0.29) is 0 Å². The minimum atomic E-state index is -3.53. The van der Waals surface area contributed by atoms with Gasteiger partial charge in [0.15, 0.2) is 9.84 Å². The molecule has 0 saturated heterocycles. The van der Waals surface area contributed by atoms with Crippen LogP contribution < -0.4 is 10.5 Å². The Balaban J connectivity index is 2.41. The lowest BCUT2D eigenvalue weighted by molar-refractivity contribution is -0.139. The van der Waals surface area contributed by atoms with Gasteiger partial charge in [0.2, 0.25) is 0 Å². The van der Waals surface area contributed by atoms with Crippen LogP contribution in [0, 0.1) is 0 Å². The molecule has 1 fully saturated rings. The van der Waals surface area contributed by atoms with Gasteiger partial charge in [0, 0.05) is 12.2 Å². The summed E-state index contributed by atoms with van der Waals surface area (Å²) in [5, 5.41) is 8.07. The molecule has 6 nitrogen and oxygen atoms in total. The van der Waals surface area contributed by atoms with Crippen molar-refractivity contribution >= 4 is 15.8 Å². The summed E-state index contributed by atoms with van der Waals surface area (Å²) >= 11 is 0.